The highest BCUT2D eigenvalue weighted by molar-refractivity contribution is 7.86. The monoisotopic (exact) mass is 398 g/mol. The highest BCUT2D eigenvalue weighted by atomic mass is 32.2. The predicted molar refractivity (Wildman–Crippen MR) is 93.5 cm³/mol. The Labute approximate surface area is 145 Å². The van der Waals surface area contributed by atoms with Crippen LogP contribution in [0.25, 0.3) is 0 Å². The number of alkyl halides is 4. The maximum Gasteiger partial charge on any atom is 0.428 e. The third kappa shape index (κ3) is 10.8. The highest BCUT2D eigenvalue weighted by Crippen LogP contribution is 2.36. The molecule has 0 saturated carbocycles. The summed E-state index contributed by atoms with van der Waals surface area (Å²) in [6.45, 7) is 6.89. The van der Waals surface area contributed by atoms with E-state index >= 15 is 0 Å². The molecular weight excluding hydrogens is 367 g/mol. The quantitative estimate of drug-likeness (QED) is 0.268. The molecule has 0 fully saturated rings. The molecule has 0 bridgehead atoms. The Kier molecular flexibility index (Phi) is 13.6. The fraction of sp³-hybridized carbons (Fsp3) is 1.00. The number of unbranched alkanes of at least 4 members (excludes halogenated alkanes) is 3. The summed E-state index contributed by atoms with van der Waals surface area (Å²) in [5, 5.41) is -4.80. The van der Waals surface area contributed by atoms with E-state index in [1.807, 2.05) is 0 Å². The first-order valence-electron chi connectivity index (χ1n) is 8.29. The van der Waals surface area contributed by atoms with E-state index in [1.165, 1.54) is 57.8 Å². The van der Waals surface area contributed by atoms with Crippen molar-refractivity contribution in [1.82, 2.24) is 0 Å². The average Bonchev–Trinajstić information content (AvgIpc) is 2.48. The standard InChI is InChI=1S/C13H29P.C2H2F4O3S/c1-4-7-10-13(14,11-8-5-2)12-9-6-3;3-1(4)2(5,6)10(7,8)9/h4-12,14H2,1-3H3;1H,(H,7,8,9). The SMILES string of the molecule is CCCCC(P)(CCCC)CCCC.O=S(=O)(O)C(F)(F)C(F)F. The molecule has 1 atom stereocenters. The van der Waals surface area contributed by atoms with Crippen molar-refractivity contribution in [3.8, 4) is 0 Å². The molecule has 24 heavy (non-hydrogen) atoms. The van der Waals surface area contributed by atoms with Crippen LogP contribution in [0.1, 0.15) is 78.6 Å². The average molecular weight is 398 g/mol. The van der Waals surface area contributed by atoms with Crippen molar-refractivity contribution in [1.29, 1.82) is 0 Å². The number of halogens is 4. The Bertz CT molecular complexity index is 395. The molecule has 0 aliphatic heterocycles. The van der Waals surface area contributed by atoms with Crippen LogP contribution < -0.4 is 0 Å². The molecule has 3 nitrogen and oxygen atoms in total. The second kappa shape index (κ2) is 12.4. The van der Waals surface area contributed by atoms with Gasteiger partial charge in [0.1, 0.15) is 0 Å². The molecule has 0 amide bonds. The lowest BCUT2D eigenvalue weighted by molar-refractivity contribution is -0.0687. The van der Waals surface area contributed by atoms with Crippen molar-refractivity contribution in [3.05, 3.63) is 0 Å². The van der Waals surface area contributed by atoms with Gasteiger partial charge in [-0.3, -0.25) is 4.55 Å². The van der Waals surface area contributed by atoms with Gasteiger partial charge in [0.15, 0.2) is 0 Å². The fourth-order valence-corrected chi connectivity index (χ4v) is 2.91. The van der Waals surface area contributed by atoms with Crippen molar-refractivity contribution in [2.45, 2.75) is 95.4 Å². The van der Waals surface area contributed by atoms with Crippen molar-refractivity contribution in [2.75, 3.05) is 0 Å². The van der Waals surface area contributed by atoms with E-state index in [9.17, 15) is 26.0 Å². The molecule has 148 valence electrons. The molecule has 0 aromatic heterocycles. The Hall–Kier alpha value is 0.0600. The van der Waals surface area contributed by atoms with Gasteiger partial charge in [-0.05, 0) is 24.4 Å². The van der Waals surface area contributed by atoms with Gasteiger partial charge in [-0.1, -0.05) is 59.3 Å². The Morgan fingerprint density at radius 1 is 0.917 bits per heavy atom. The lowest BCUT2D eigenvalue weighted by atomic mass is 9.90. The molecule has 0 aromatic rings. The van der Waals surface area contributed by atoms with E-state index in [0.29, 0.717) is 5.16 Å². The second-order valence-electron chi connectivity index (χ2n) is 6.01. The van der Waals surface area contributed by atoms with Gasteiger partial charge in [0.05, 0.1) is 0 Å². The number of hydrogen-bond acceptors (Lipinski definition) is 2. The molecular formula is C15H31F4O3PS. The lowest BCUT2D eigenvalue weighted by Crippen LogP contribution is -2.35. The zero-order valence-electron chi connectivity index (χ0n) is 14.7. The number of hydrogen-bond donors (Lipinski definition) is 1. The minimum atomic E-state index is -5.98. The van der Waals surface area contributed by atoms with Crippen molar-refractivity contribution in [3.63, 3.8) is 0 Å². The first kappa shape index (κ1) is 26.3. The van der Waals surface area contributed by atoms with Gasteiger partial charge in [-0.25, -0.2) is 8.78 Å². The van der Waals surface area contributed by atoms with Gasteiger partial charge >= 0.3 is 21.8 Å². The van der Waals surface area contributed by atoms with Gasteiger partial charge in [-0.2, -0.15) is 17.2 Å². The molecule has 0 heterocycles. The Morgan fingerprint density at radius 3 is 1.33 bits per heavy atom. The third-order valence-corrected chi connectivity index (χ3v) is 5.41. The summed E-state index contributed by atoms with van der Waals surface area (Å²) in [4.78, 5) is 0. The normalized spacial score (nSPS) is 12.9. The molecule has 0 aliphatic carbocycles. The van der Waals surface area contributed by atoms with E-state index in [0.717, 1.165) is 0 Å². The van der Waals surface area contributed by atoms with E-state index in [1.54, 1.807) is 0 Å². The van der Waals surface area contributed by atoms with Crippen LogP contribution >= 0.6 is 9.24 Å². The van der Waals surface area contributed by atoms with Crippen molar-refractivity contribution >= 4 is 19.4 Å². The lowest BCUT2D eigenvalue weighted by Gasteiger charge is -2.29. The summed E-state index contributed by atoms with van der Waals surface area (Å²) in [7, 11) is -2.82. The topological polar surface area (TPSA) is 54.4 Å². The fourth-order valence-electron chi connectivity index (χ4n) is 2.07. The van der Waals surface area contributed by atoms with Crippen LogP contribution in [0.3, 0.4) is 0 Å². The van der Waals surface area contributed by atoms with Crippen LogP contribution in [-0.4, -0.2) is 29.8 Å². The van der Waals surface area contributed by atoms with Crippen LogP contribution in [-0.2, 0) is 10.1 Å². The van der Waals surface area contributed by atoms with Crippen LogP contribution in [0.5, 0.6) is 0 Å². The Morgan fingerprint density at radius 2 is 1.21 bits per heavy atom. The Balaban J connectivity index is 0. The molecule has 9 heteroatoms. The molecule has 0 saturated heterocycles. The largest absolute Gasteiger partial charge is 0.428 e. The summed E-state index contributed by atoms with van der Waals surface area (Å²) in [6.07, 6.45) is 8.04. The summed E-state index contributed by atoms with van der Waals surface area (Å²) >= 11 is 0. The molecule has 1 N–H and O–H groups in total. The summed E-state index contributed by atoms with van der Waals surface area (Å²) < 4.78 is 71.3. The smallest absolute Gasteiger partial charge is 0.281 e. The highest BCUT2D eigenvalue weighted by Gasteiger charge is 2.53. The van der Waals surface area contributed by atoms with Crippen molar-refractivity contribution in [2.24, 2.45) is 0 Å². The van der Waals surface area contributed by atoms with E-state index in [2.05, 4.69) is 30.0 Å². The minimum absolute atomic E-state index is 0.571. The predicted octanol–water partition coefficient (Wildman–Crippen LogP) is 5.90. The summed E-state index contributed by atoms with van der Waals surface area (Å²) in [6, 6.07) is 0. The first-order chi connectivity index (χ1) is 10.9. The summed E-state index contributed by atoms with van der Waals surface area (Å²) in [5.74, 6) is 0. The molecule has 1 unspecified atom stereocenters. The van der Waals surface area contributed by atoms with E-state index < -0.39 is 21.8 Å². The van der Waals surface area contributed by atoms with Gasteiger partial charge in [0.25, 0.3) is 0 Å². The third-order valence-electron chi connectivity index (χ3n) is 3.68. The first-order valence-corrected chi connectivity index (χ1v) is 10.3. The van der Waals surface area contributed by atoms with Gasteiger partial charge in [-0.15, -0.1) is 9.24 Å². The van der Waals surface area contributed by atoms with Crippen molar-refractivity contribution < 1.29 is 30.5 Å². The minimum Gasteiger partial charge on any atom is -0.281 e. The molecule has 0 aliphatic rings. The molecule has 0 rings (SSSR count). The maximum atomic E-state index is 11.5. The van der Waals surface area contributed by atoms with E-state index in [-0.39, 0.29) is 0 Å². The van der Waals surface area contributed by atoms with Crippen LogP contribution in [0, 0.1) is 0 Å². The molecule has 0 aromatic carbocycles. The zero-order chi connectivity index (χ0) is 19.4. The van der Waals surface area contributed by atoms with Crippen LogP contribution in [0.15, 0.2) is 0 Å². The molecule has 0 spiro atoms. The van der Waals surface area contributed by atoms with Crippen LogP contribution in [0.4, 0.5) is 17.6 Å². The maximum absolute atomic E-state index is 11.5. The number of rotatable bonds is 11. The van der Waals surface area contributed by atoms with Gasteiger partial charge in [0, 0.05) is 0 Å². The van der Waals surface area contributed by atoms with E-state index in [4.69, 9.17) is 4.55 Å². The van der Waals surface area contributed by atoms with Crippen LogP contribution in [0.2, 0.25) is 0 Å². The zero-order valence-corrected chi connectivity index (χ0v) is 16.7. The van der Waals surface area contributed by atoms with Gasteiger partial charge < -0.3 is 0 Å². The molecule has 0 radical (unpaired) electrons. The second-order valence-corrected chi connectivity index (χ2v) is 8.73. The van der Waals surface area contributed by atoms with Gasteiger partial charge in [0.2, 0.25) is 0 Å². The summed E-state index contributed by atoms with van der Waals surface area (Å²) in [5.41, 5.74) is 0.